The minimum Gasteiger partial charge on any atom is -0.508 e. The highest BCUT2D eigenvalue weighted by Gasteiger charge is 2.35. The maximum absolute atomic E-state index is 12.6. The van der Waals surface area contributed by atoms with Gasteiger partial charge in [-0.1, -0.05) is 13.8 Å². The topological polar surface area (TPSA) is 124 Å². The molecule has 1 amide bonds. The number of amides is 1. The van der Waals surface area contributed by atoms with Crippen molar-refractivity contribution >= 4 is 17.6 Å². The number of phenols is 2. The van der Waals surface area contributed by atoms with E-state index in [0.717, 1.165) is 38.8 Å². The van der Waals surface area contributed by atoms with Crippen molar-refractivity contribution in [2.45, 2.75) is 77.3 Å². The van der Waals surface area contributed by atoms with Gasteiger partial charge >= 0.3 is 0 Å². The molecule has 1 aliphatic carbocycles. The summed E-state index contributed by atoms with van der Waals surface area (Å²) >= 11 is 0. The monoisotopic (exact) mass is 443 g/mol. The van der Waals surface area contributed by atoms with Crippen LogP contribution in [0.5, 0.6) is 11.5 Å². The van der Waals surface area contributed by atoms with Gasteiger partial charge in [0.05, 0.1) is 5.56 Å². The molecule has 8 heteroatoms. The Labute approximate surface area is 190 Å². The Morgan fingerprint density at radius 1 is 1.12 bits per heavy atom. The van der Waals surface area contributed by atoms with Crippen LogP contribution in [0.2, 0.25) is 0 Å². The van der Waals surface area contributed by atoms with Gasteiger partial charge in [0.2, 0.25) is 0 Å². The average Bonchev–Trinajstić information content (AvgIpc) is 3.29. The van der Waals surface area contributed by atoms with Gasteiger partial charge < -0.3 is 25.3 Å². The summed E-state index contributed by atoms with van der Waals surface area (Å²) in [5.74, 6) is -1.14. The fourth-order valence-corrected chi connectivity index (χ4v) is 4.99. The molecule has 8 nitrogen and oxygen atoms in total. The summed E-state index contributed by atoms with van der Waals surface area (Å²) in [5.41, 5.74) is 0.840. The quantitative estimate of drug-likeness (QED) is 0.353. The molecule has 0 aromatic heterocycles. The molecule has 3 rings (SSSR count). The van der Waals surface area contributed by atoms with Crippen LogP contribution < -0.4 is 5.32 Å². The normalized spacial score (nSPS) is 21.5. The second-order valence-corrected chi connectivity index (χ2v) is 9.21. The first-order chi connectivity index (χ1) is 15.2. The Kier molecular flexibility index (Phi) is 7.77. The second-order valence-electron chi connectivity index (χ2n) is 9.21. The lowest BCUT2D eigenvalue weighted by Gasteiger charge is -2.40. The van der Waals surface area contributed by atoms with E-state index in [9.17, 15) is 15.0 Å². The second kappa shape index (κ2) is 10.3. The van der Waals surface area contributed by atoms with Gasteiger partial charge in [-0.25, -0.2) is 0 Å². The van der Waals surface area contributed by atoms with E-state index in [1.807, 2.05) is 13.8 Å². The standard InChI is InChI=1S/C24H37N5O3/c1-4-27-24(32)23(26)29(17-9-7-16(8-10-17)28-11-5-6-12-28)22(25)19-13-18(15(2)3)20(30)14-21(19)31/h13-17,25-26,30-31H,4-12H2,1-3H3,(H,27,32). The summed E-state index contributed by atoms with van der Waals surface area (Å²) < 4.78 is 0. The number of phenolic OH excluding ortho intramolecular Hbond substituents is 2. The molecule has 176 valence electrons. The number of likely N-dealkylation sites (tertiary alicyclic amines) is 1. The molecule has 0 unspecified atom stereocenters. The zero-order chi connectivity index (χ0) is 23.4. The summed E-state index contributed by atoms with van der Waals surface area (Å²) in [5, 5.41) is 40.9. The lowest BCUT2D eigenvalue weighted by molar-refractivity contribution is -0.115. The Bertz CT molecular complexity index is 855. The third kappa shape index (κ3) is 5.06. The first-order valence-corrected chi connectivity index (χ1v) is 11.8. The molecule has 0 atom stereocenters. The van der Waals surface area contributed by atoms with Crippen molar-refractivity contribution in [3.63, 3.8) is 0 Å². The molecule has 1 saturated heterocycles. The van der Waals surface area contributed by atoms with E-state index < -0.39 is 5.91 Å². The Balaban J connectivity index is 1.88. The van der Waals surface area contributed by atoms with Crippen LogP contribution in [0.15, 0.2) is 12.1 Å². The molecule has 1 saturated carbocycles. The molecular weight excluding hydrogens is 406 g/mol. The average molecular weight is 444 g/mol. The number of carbonyl (C=O) groups is 1. The van der Waals surface area contributed by atoms with E-state index in [-0.39, 0.29) is 40.7 Å². The van der Waals surface area contributed by atoms with Crippen LogP contribution >= 0.6 is 0 Å². The molecule has 1 aliphatic heterocycles. The largest absolute Gasteiger partial charge is 0.508 e. The van der Waals surface area contributed by atoms with E-state index in [0.29, 0.717) is 18.2 Å². The van der Waals surface area contributed by atoms with Gasteiger partial charge in [0, 0.05) is 24.7 Å². The first kappa shape index (κ1) is 24.0. The molecule has 1 aromatic carbocycles. The third-order valence-electron chi connectivity index (χ3n) is 6.74. The number of amidine groups is 2. The number of hydrogen-bond acceptors (Lipinski definition) is 6. The summed E-state index contributed by atoms with van der Waals surface area (Å²) in [6.07, 6.45) is 5.99. The molecular formula is C24H37N5O3. The maximum Gasteiger partial charge on any atom is 0.286 e. The van der Waals surface area contributed by atoms with Crippen molar-refractivity contribution in [1.29, 1.82) is 10.8 Å². The molecule has 0 spiro atoms. The predicted octanol–water partition coefficient (Wildman–Crippen LogP) is 3.37. The van der Waals surface area contributed by atoms with Gasteiger partial charge in [0.15, 0.2) is 5.84 Å². The maximum atomic E-state index is 12.6. The molecule has 2 fully saturated rings. The van der Waals surface area contributed by atoms with Gasteiger partial charge in [-0.2, -0.15) is 0 Å². The molecule has 1 aromatic rings. The summed E-state index contributed by atoms with van der Waals surface area (Å²) in [7, 11) is 0. The van der Waals surface area contributed by atoms with Crippen LogP contribution in [-0.4, -0.2) is 69.3 Å². The van der Waals surface area contributed by atoms with E-state index in [1.165, 1.54) is 23.8 Å². The van der Waals surface area contributed by atoms with Gasteiger partial charge in [0.25, 0.3) is 5.91 Å². The molecule has 1 heterocycles. The zero-order valence-corrected chi connectivity index (χ0v) is 19.4. The number of aromatic hydroxyl groups is 2. The molecule has 0 radical (unpaired) electrons. The Hall–Kier alpha value is -2.61. The van der Waals surface area contributed by atoms with Crippen molar-refractivity contribution in [3.05, 3.63) is 23.3 Å². The van der Waals surface area contributed by atoms with Crippen LogP contribution in [0.3, 0.4) is 0 Å². The van der Waals surface area contributed by atoms with Crippen molar-refractivity contribution in [1.82, 2.24) is 15.1 Å². The highest BCUT2D eigenvalue weighted by atomic mass is 16.3. The minimum absolute atomic E-state index is 0.00524. The van der Waals surface area contributed by atoms with Crippen molar-refractivity contribution in [2.75, 3.05) is 19.6 Å². The number of likely N-dealkylation sites (N-methyl/N-ethyl adjacent to an activating group) is 1. The summed E-state index contributed by atoms with van der Waals surface area (Å²) in [6, 6.07) is 3.22. The number of benzene rings is 1. The lowest BCUT2D eigenvalue weighted by Crippen LogP contribution is -2.52. The Morgan fingerprint density at radius 2 is 1.75 bits per heavy atom. The summed E-state index contributed by atoms with van der Waals surface area (Å²) in [6.45, 7) is 8.32. The van der Waals surface area contributed by atoms with E-state index >= 15 is 0 Å². The fraction of sp³-hybridized carbons (Fsp3) is 0.625. The predicted molar refractivity (Wildman–Crippen MR) is 126 cm³/mol. The van der Waals surface area contributed by atoms with Gasteiger partial charge in [0.1, 0.15) is 17.3 Å². The van der Waals surface area contributed by atoms with Gasteiger partial charge in [-0.15, -0.1) is 0 Å². The molecule has 0 bridgehead atoms. The van der Waals surface area contributed by atoms with Crippen LogP contribution in [0.25, 0.3) is 0 Å². The van der Waals surface area contributed by atoms with E-state index in [1.54, 1.807) is 13.0 Å². The zero-order valence-electron chi connectivity index (χ0n) is 19.4. The SMILES string of the molecule is CCNC(=O)C(=N)N(C(=N)c1cc(C(C)C)c(O)cc1O)C1CCC(N2CCCC2)CC1. The molecule has 2 aliphatic rings. The number of nitrogens with one attached hydrogen (secondary N) is 3. The lowest BCUT2D eigenvalue weighted by atomic mass is 9.88. The smallest absolute Gasteiger partial charge is 0.286 e. The highest BCUT2D eigenvalue weighted by molar-refractivity contribution is 6.40. The van der Waals surface area contributed by atoms with Crippen LogP contribution in [0.1, 0.15) is 76.3 Å². The molecule has 32 heavy (non-hydrogen) atoms. The third-order valence-corrected chi connectivity index (χ3v) is 6.74. The van der Waals surface area contributed by atoms with Gasteiger partial charge in [-0.3, -0.25) is 15.6 Å². The fourth-order valence-electron chi connectivity index (χ4n) is 4.99. The minimum atomic E-state index is -0.527. The van der Waals surface area contributed by atoms with Crippen molar-refractivity contribution in [2.24, 2.45) is 0 Å². The summed E-state index contributed by atoms with van der Waals surface area (Å²) in [4.78, 5) is 16.6. The number of rotatable bonds is 5. The molecule has 5 N–H and O–H groups in total. The van der Waals surface area contributed by atoms with Crippen LogP contribution in [0, 0.1) is 10.8 Å². The number of nitrogens with zero attached hydrogens (tertiary/aromatic N) is 2. The first-order valence-electron chi connectivity index (χ1n) is 11.8. The number of hydrogen-bond donors (Lipinski definition) is 5. The Morgan fingerprint density at radius 3 is 2.31 bits per heavy atom. The number of carbonyl (C=O) groups excluding carboxylic acids is 1. The van der Waals surface area contributed by atoms with Crippen molar-refractivity contribution in [3.8, 4) is 11.5 Å². The van der Waals surface area contributed by atoms with Crippen LogP contribution in [-0.2, 0) is 4.79 Å². The van der Waals surface area contributed by atoms with E-state index in [2.05, 4.69) is 10.2 Å². The van der Waals surface area contributed by atoms with E-state index in [4.69, 9.17) is 10.8 Å². The van der Waals surface area contributed by atoms with Crippen molar-refractivity contribution < 1.29 is 15.0 Å². The highest BCUT2D eigenvalue weighted by Crippen LogP contribution is 2.35. The van der Waals surface area contributed by atoms with Gasteiger partial charge in [-0.05, 0) is 76.1 Å². The van der Waals surface area contributed by atoms with Crippen LogP contribution in [0.4, 0.5) is 0 Å².